The molecule has 0 bridgehead atoms. The number of anilines is 1. The molecule has 0 unspecified atom stereocenters. The van der Waals surface area contributed by atoms with Gasteiger partial charge in [-0.15, -0.1) is 5.10 Å². The van der Waals surface area contributed by atoms with Gasteiger partial charge in [0.05, 0.1) is 15.5 Å². The van der Waals surface area contributed by atoms with Crippen LogP contribution < -0.4 is 5.01 Å². The second-order valence-electron chi connectivity index (χ2n) is 6.38. The van der Waals surface area contributed by atoms with Gasteiger partial charge >= 0.3 is 0 Å². The minimum atomic E-state index is -0.469. The van der Waals surface area contributed by atoms with E-state index in [1.165, 1.54) is 24.3 Å². The highest BCUT2D eigenvalue weighted by molar-refractivity contribution is 5.99. The van der Waals surface area contributed by atoms with Gasteiger partial charge in [-0.3, -0.25) is 20.2 Å². The summed E-state index contributed by atoms with van der Waals surface area (Å²) in [5.74, 6) is 0.360. The zero-order chi connectivity index (χ0) is 21.1. The lowest BCUT2D eigenvalue weighted by Gasteiger charge is -2.20. The van der Waals surface area contributed by atoms with Crippen LogP contribution in [0.1, 0.15) is 5.56 Å². The van der Waals surface area contributed by atoms with Gasteiger partial charge in [-0.25, -0.2) is 5.01 Å². The molecule has 1 aliphatic heterocycles. The van der Waals surface area contributed by atoms with Crippen LogP contribution >= 0.6 is 0 Å². The maximum atomic E-state index is 10.9. The molecule has 0 saturated heterocycles. The highest BCUT2D eigenvalue weighted by Gasteiger charge is 2.26. The third-order valence-corrected chi connectivity index (χ3v) is 4.45. The van der Waals surface area contributed by atoms with Crippen LogP contribution in [0.2, 0.25) is 0 Å². The second-order valence-corrected chi connectivity index (χ2v) is 6.38. The number of nitro benzene ring substituents is 2. The Hall–Kier alpha value is -4.47. The Morgan fingerprint density at radius 1 is 0.800 bits per heavy atom. The van der Waals surface area contributed by atoms with Gasteiger partial charge in [0.25, 0.3) is 18.0 Å². The smallest absolute Gasteiger partial charge is 0.258 e. The zero-order valence-corrected chi connectivity index (χ0v) is 15.5. The summed E-state index contributed by atoms with van der Waals surface area (Å²) in [7, 11) is 0. The molecule has 1 heterocycles. The average Bonchev–Trinajstić information content (AvgIpc) is 2.79. The Morgan fingerprint density at radius 2 is 1.37 bits per heavy atom. The molecule has 0 fully saturated rings. The summed E-state index contributed by atoms with van der Waals surface area (Å²) in [5, 5.41) is 32.7. The lowest BCUT2D eigenvalue weighted by atomic mass is 10.2. The highest BCUT2D eigenvalue weighted by Crippen LogP contribution is 2.25. The summed E-state index contributed by atoms with van der Waals surface area (Å²) >= 11 is 0. The van der Waals surface area contributed by atoms with Gasteiger partial charge in [0.2, 0.25) is 11.5 Å². The predicted molar refractivity (Wildman–Crippen MR) is 109 cm³/mol. The standard InChI is InChI=1S/C20H15N6O4/c27-25(28)18-8-6-15(7-9-18)20-21-23(16-4-2-1-3-5-16)14-24(22-20)17-10-12-19(13-11-17)26(29)30/h1-13H,14H2/q+1. The summed E-state index contributed by atoms with van der Waals surface area (Å²) < 4.78 is 1.67. The van der Waals surface area contributed by atoms with Crippen molar-refractivity contribution in [1.82, 2.24) is 0 Å². The Labute approximate surface area is 170 Å². The monoisotopic (exact) mass is 403 g/mol. The van der Waals surface area contributed by atoms with Crippen LogP contribution in [0.4, 0.5) is 22.7 Å². The summed E-state index contributed by atoms with van der Waals surface area (Å²) in [5.41, 5.74) is 2.05. The van der Waals surface area contributed by atoms with Crippen molar-refractivity contribution in [2.45, 2.75) is 0 Å². The molecule has 3 aromatic rings. The molecule has 0 aromatic heterocycles. The number of nitro groups is 2. The van der Waals surface area contributed by atoms with Crippen LogP contribution in [-0.4, -0.2) is 27.0 Å². The van der Waals surface area contributed by atoms with E-state index in [-0.39, 0.29) is 18.0 Å². The van der Waals surface area contributed by atoms with Crippen LogP contribution in [-0.2, 0) is 0 Å². The number of nitrogens with zero attached hydrogens (tertiary/aromatic N) is 6. The van der Waals surface area contributed by atoms with Crippen LogP contribution in [0.3, 0.4) is 0 Å². The maximum Gasteiger partial charge on any atom is 0.269 e. The second kappa shape index (κ2) is 7.87. The first-order valence-electron chi connectivity index (χ1n) is 8.91. The minimum Gasteiger partial charge on any atom is -0.258 e. The molecule has 0 atom stereocenters. The topological polar surface area (TPSA) is 117 Å². The van der Waals surface area contributed by atoms with Gasteiger partial charge in [0.1, 0.15) is 0 Å². The molecular weight excluding hydrogens is 388 g/mol. The van der Waals surface area contributed by atoms with E-state index in [0.29, 0.717) is 17.1 Å². The molecule has 3 aromatic carbocycles. The fourth-order valence-corrected chi connectivity index (χ4v) is 2.91. The van der Waals surface area contributed by atoms with E-state index in [1.807, 2.05) is 30.3 Å². The van der Waals surface area contributed by atoms with Crippen molar-refractivity contribution in [3.8, 4) is 0 Å². The van der Waals surface area contributed by atoms with Gasteiger partial charge in [0.15, 0.2) is 0 Å². The van der Waals surface area contributed by atoms with Crippen molar-refractivity contribution >= 4 is 28.6 Å². The SMILES string of the molecule is O=[N+]([O-])c1ccc(C2=NN(c3ccccc3)C[N+](c3ccc([N+](=O)[O-])cc3)=N2)cc1. The number of benzene rings is 3. The van der Waals surface area contributed by atoms with Crippen molar-refractivity contribution in [2.24, 2.45) is 10.2 Å². The number of non-ortho nitro benzene ring substituents is 2. The van der Waals surface area contributed by atoms with E-state index in [0.717, 1.165) is 5.69 Å². The van der Waals surface area contributed by atoms with Crippen molar-refractivity contribution in [2.75, 3.05) is 11.7 Å². The number of para-hydroxylation sites is 1. The Balaban J connectivity index is 1.75. The summed E-state index contributed by atoms with van der Waals surface area (Å²) in [4.78, 5) is 20.9. The predicted octanol–water partition coefficient (Wildman–Crippen LogP) is 4.44. The Morgan fingerprint density at radius 3 is 1.93 bits per heavy atom. The average molecular weight is 403 g/mol. The van der Waals surface area contributed by atoms with E-state index in [2.05, 4.69) is 10.2 Å². The summed E-state index contributed by atoms with van der Waals surface area (Å²) in [6.07, 6.45) is 0. The van der Waals surface area contributed by atoms with Crippen molar-refractivity contribution in [3.63, 3.8) is 0 Å². The molecule has 30 heavy (non-hydrogen) atoms. The molecule has 0 amide bonds. The van der Waals surface area contributed by atoms with Crippen molar-refractivity contribution in [1.29, 1.82) is 0 Å². The lowest BCUT2D eigenvalue weighted by molar-refractivity contribution is -0.508. The zero-order valence-electron chi connectivity index (χ0n) is 15.5. The molecule has 0 aliphatic carbocycles. The highest BCUT2D eigenvalue weighted by atomic mass is 16.6. The molecule has 0 spiro atoms. The Kier molecular flexibility index (Phi) is 4.95. The summed E-state index contributed by atoms with van der Waals surface area (Å²) in [6, 6.07) is 21.5. The van der Waals surface area contributed by atoms with Crippen LogP contribution in [0, 0.1) is 20.2 Å². The van der Waals surface area contributed by atoms with Crippen LogP contribution in [0.25, 0.3) is 0 Å². The first-order valence-corrected chi connectivity index (χ1v) is 8.91. The third-order valence-electron chi connectivity index (χ3n) is 4.45. The molecule has 0 radical (unpaired) electrons. The van der Waals surface area contributed by atoms with Crippen molar-refractivity contribution < 1.29 is 14.5 Å². The van der Waals surface area contributed by atoms with E-state index >= 15 is 0 Å². The van der Waals surface area contributed by atoms with Crippen molar-refractivity contribution in [3.05, 3.63) is 105 Å². The van der Waals surface area contributed by atoms with Gasteiger partial charge in [-0.2, -0.15) is 0 Å². The number of hydrogen-bond acceptors (Lipinski definition) is 7. The van der Waals surface area contributed by atoms with E-state index < -0.39 is 9.85 Å². The largest absolute Gasteiger partial charge is 0.269 e. The third kappa shape index (κ3) is 3.87. The molecule has 0 saturated carbocycles. The van der Waals surface area contributed by atoms with Gasteiger partial charge in [-0.05, 0) is 24.3 Å². The van der Waals surface area contributed by atoms with Gasteiger partial charge in [0, 0.05) is 47.1 Å². The van der Waals surface area contributed by atoms with Gasteiger partial charge < -0.3 is 0 Å². The normalized spacial score (nSPS) is 13.4. The lowest BCUT2D eigenvalue weighted by Crippen LogP contribution is -2.31. The van der Waals surface area contributed by atoms with E-state index in [1.54, 1.807) is 34.0 Å². The first kappa shape index (κ1) is 18.9. The number of amidine groups is 1. The maximum absolute atomic E-state index is 10.9. The molecule has 10 heteroatoms. The number of hydrazone groups is 1. The number of hydrogen-bond donors (Lipinski definition) is 0. The molecule has 0 N–H and O–H groups in total. The molecule has 148 valence electrons. The van der Waals surface area contributed by atoms with Crippen LogP contribution in [0.15, 0.2) is 89.1 Å². The molecule has 10 nitrogen and oxygen atoms in total. The van der Waals surface area contributed by atoms with Gasteiger partial charge in [-0.1, -0.05) is 22.9 Å². The molecule has 4 rings (SSSR count). The van der Waals surface area contributed by atoms with E-state index in [9.17, 15) is 20.2 Å². The number of rotatable bonds is 5. The number of azo groups is 2. The fraction of sp³-hybridized carbons (Fsp3) is 0.0500. The van der Waals surface area contributed by atoms with E-state index in [4.69, 9.17) is 0 Å². The summed E-state index contributed by atoms with van der Waals surface area (Å²) in [6.45, 7) is 0.290. The first-order chi connectivity index (χ1) is 14.5. The molecular formula is C20H15N6O4+. The minimum absolute atomic E-state index is 0.0139. The molecule has 1 aliphatic rings. The fourth-order valence-electron chi connectivity index (χ4n) is 2.91. The van der Waals surface area contributed by atoms with Crippen LogP contribution in [0.5, 0.6) is 0 Å². The Bertz CT molecular complexity index is 1160. The quantitative estimate of drug-likeness (QED) is 0.355.